The van der Waals surface area contributed by atoms with Crippen molar-refractivity contribution in [2.75, 3.05) is 25.0 Å². The standard InChI is InChI=1S/C23H29N3O3/c1-16(26-22(28)18-10-4-5-11-19(18)23(26)29)21(27)24(2)15-17-9-3-6-12-20(17)25-13-7-8-14-25/h3-6,9,12,16,18-19H,7-8,10-11,13-15H2,1-2H3. The molecule has 2 fully saturated rings. The molecule has 154 valence electrons. The number of para-hydroxylation sites is 1. The third kappa shape index (κ3) is 3.56. The van der Waals surface area contributed by atoms with Crippen LogP contribution < -0.4 is 4.90 Å². The van der Waals surface area contributed by atoms with Crippen molar-refractivity contribution in [3.8, 4) is 0 Å². The zero-order valence-electron chi connectivity index (χ0n) is 17.2. The number of imide groups is 1. The molecule has 3 aliphatic rings. The Balaban J connectivity index is 1.47. The Morgan fingerprint density at radius 3 is 2.28 bits per heavy atom. The van der Waals surface area contributed by atoms with E-state index in [4.69, 9.17) is 0 Å². The first kappa shape index (κ1) is 19.7. The van der Waals surface area contributed by atoms with Gasteiger partial charge in [-0.1, -0.05) is 30.4 Å². The van der Waals surface area contributed by atoms with Crippen molar-refractivity contribution in [3.63, 3.8) is 0 Å². The maximum absolute atomic E-state index is 13.1. The van der Waals surface area contributed by atoms with Crippen molar-refractivity contribution in [3.05, 3.63) is 42.0 Å². The number of rotatable bonds is 5. The number of hydrogen-bond donors (Lipinski definition) is 0. The zero-order valence-corrected chi connectivity index (χ0v) is 17.2. The number of carbonyl (C=O) groups is 3. The first-order chi connectivity index (χ1) is 14.0. The molecule has 29 heavy (non-hydrogen) atoms. The molecule has 4 rings (SSSR count). The first-order valence-electron chi connectivity index (χ1n) is 10.6. The summed E-state index contributed by atoms with van der Waals surface area (Å²) >= 11 is 0. The molecule has 6 heteroatoms. The molecule has 0 spiro atoms. The van der Waals surface area contributed by atoms with Crippen molar-refractivity contribution in [2.45, 2.75) is 45.2 Å². The minimum atomic E-state index is -0.774. The van der Waals surface area contributed by atoms with Crippen LogP contribution >= 0.6 is 0 Å². The van der Waals surface area contributed by atoms with Crippen LogP contribution in [0.1, 0.15) is 38.2 Å². The molecule has 2 saturated heterocycles. The van der Waals surface area contributed by atoms with Crippen LogP contribution in [0.5, 0.6) is 0 Å². The molecule has 0 bridgehead atoms. The first-order valence-corrected chi connectivity index (χ1v) is 10.6. The molecule has 1 aromatic rings. The van der Waals surface area contributed by atoms with Gasteiger partial charge < -0.3 is 9.80 Å². The van der Waals surface area contributed by atoms with E-state index < -0.39 is 6.04 Å². The summed E-state index contributed by atoms with van der Waals surface area (Å²) in [5.74, 6) is -1.20. The molecule has 2 aliphatic heterocycles. The van der Waals surface area contributed by atoms with E-state index in [9.17, 15) is 14.4 Å². The number of nitrogens with zero attached hydrogens (tertiary/aromatic N) is 3. The molecular weight excluding hydrogens is 366 g/mol. The second-order valence-electron chi connectivity index (χ2n) is 8.40. The van der Waals surface area contributed by atoms with E-state index in [2.05, 4.69) is 17.0 Å². The molecule has 0 N–H and O–H groups in total. The van der Waals surface area contributed by atoms with E-state index in [0.29, 0.717) is 19.4 Å². The third-order valence-electron chi connectivity index (χ3n) is 6.51. The van der Waals surface area contributed by atoms with Crippen molar-refractivity contribution >= 4 is 23.4 Å². The van der Waals surface area contributed by atoms with Gasteiger partial charge in [-0.05, 0) is 44.2 Å². The van der Waals surface area contributed by atoms with E-state index in [0.717, 1.165) is 18.7 Å². The highest BCUT2D eigenvalue weighted by molar-refractivity contribution is 6.08. The fourth-order valence-corrected chi connectivity index (χ4v) is 4.88. The highest BCUT2D eigenvalue weighted by atomic mass is 16.2. The van der Waals surface area contributed by atoms with E-state index in [1.165, 1.54) is 23.4 Å². The Labute approximate surface area is 172 Å². The Kier molecular flexibility index (Phi) is 5.43. The van der Waals surface area contributed by atoms with Gasteiger partial charge in [0.05, 0.1) is 11.8 Å². The van der Waals surface area contributed by atoms with E-state index in [-0.39, 0.29) is 29.6 Å². The monoisotopic (exact) mass is 395 g/mol. The van der Waals surface area contributed by atoms with Crippen molar-refractivity contribution in [1.29, 1.82) is 0 Å². The van der Waals surface area contributed by atoms with Crippen LogP contribution in [0.3, 0.4) is 0 Å². The van der Waals surface area contributed by atoms with Crippen molar-refractivity contribution in [2.24, 2.45) is 11.8 Å². The quantitative estimate of drug-likeness (QED) is 0.568. The van der Waals surface area contributed by atoms with Crippen LogP contribution in [0.15, 0.2) is 36.4 Å². The Bertz CT molecular complexity index is 818. The van der Waals surface area contributed by atoms with Gasteiger partial charge in [-0.25, -0.2) is 0 Å². The number of hydrogen-bond acceptors (Lipinski definition) is 4. The fraction of sp³-hybridized carbons (Fsp3) is 0.522. The lowest BCUT2D eigenvalue weighted by molar-refractivity contribution is -0.150. The molecule has 1 aromatic carbocycles. The molecule has 2 heterocycles. The summed E-state index contributed by atoms with van der Waals surface area (Å²) in [6, 6.07) is 7.40. The lowest BCUT2D eigenvalue weighted by Gasteiger charge is -2.29. The topological polar surface area (TPSA) is 60.9 Å². The average Bonchev–Trinajstić information content (AvgIpc) is 3.35. The molecule has 6 nitrogen and oxygen atoms in total. The number of allylic oxidation sites excluding steroid dienone is 2. The highest BCUT2D eigenvalue weighted by Gasteiger charge is 2.50. The van der Waals surface area contributed by atoms with Gasteiger partial charge in [0.15, 0.2) is 0 Å². The van der Waals surface area contributed by atoms with Gasteiger partial charge in [0.25, 0.3) is 0 Å². The molecule has 0 saturated carbocycles. The fourth-order valence-electron chi connectivity index (χ4n) is 4.88. The minimum absolute atomic E-state index is 0.198. The van der Waals surface area contributed by atoms with Gasteiger partial charge in [0, 0.05) is 32.4 Å². The predicted molar refractivity (Wildman–Crippen MR) is 111 cm³/mol. The van der Waals surface area contributed by atoms with Crippen molar-refractivity contribution in [1.82, 2.24) is 9.80 Å². The van der Waals surface area contributed by atoms with Crippen LogP contribution in [0.4, 0.5) is 5.69 Å². The molecule has 0 radical (unpaired) electrons. The zero-order chi connectivity index (χ0) is 20.5. The number of amides is 3. The second-order valence-corrected chi connectivity index (χ2v) is 8.40. The van der Waals surface area contributed by atoms with Crippen molar-refractivity contribution < 1.29 is 14.4 Å². The Morgan fingerprint density at radius 2 is 1.66 bits per heavy atom. The minimum Gasteiger partial charge on any atom is -0.371 e. The second kappa shape index (κ2) is 8.01. The lowest BCUT2D eigenvalue weighted by atomic mass is 9.85. The smallest absolute Gasteiger partial charge is 0.245 e. The number of carbonyl (C=O) groups excluding carboxylic acids is 3. The lowest BCUT2D eigenvalue weighted by Crippen LogP contribution is -2.48. The van der Waals surface area contributed by atoms with Crippen LogP contribution in [0.2, 0.25) is 0 Å². The average molecular weight is 396 g/mol. The number of likely N-dealkylation sites (N-methyl/N-ethyl adjacent to an activating group) is 1. The molecular formula is C23H29N3O3. The maximum Gasteiger partial charge on any atom is 0.245 e. The summed E-state index contributed by atoms with van der Waals surface area (Å²) < 4.78 is 0. The molecule has 3 amide bonds. The number of benzene rings is 1. The van der Waals surface area contributed by atoms with Crippen LogP contribution in [0, 0.1) is 11.8 Å². The molecule has 1 aliphatic carbocycles. The largest absolute Gasteiger partial charge is 0.371 e. The number of fused-ring (bicyclic) bond motifs is 1. The third-order valence-corrected chi connectivity index (χ3v) is 6.51. The summed E-state index contributed by atoms with van der Waals surface area (Å²) in [5.41, 5.74) is 2.26. The summed E-state index contributed by atoms with van der Waals surface area (Å²) in [5, 5.41) is 0. The van der Waals surface area contributed by atoms with Gasteiger partial charge in [-0.2, -0.15) is 0 Å². The molecule has 0 aromatic heterocycles. The van der Waals surface area contributed by atoms with Gasteiger partial charge in [0.2, 0.25) is 17.7 Å². The molecule has 3 atom stereocenters. The van der Waals surface area contributed by atoms with Crippen LogP contribution in [0.25, 0.3) is 0 Å². The summed E-state index contributed by atoms with van der Waals surface area (Å²) in [6.45, 7) is 4.21. The Hall–Kier alpha value is -2.63. The Morgan fingerprint density at radius 1 is 1.07 bits per heavy atom. The number of anilines is 1. The van der Waals surface area contributed by atoms with E-state index in [1.54, 1.807) is 18.9 Å². The van der Waals surface area contributed by atoms with E-state index in [1.807, 2.05) is 24.3 Å². The normalized spacial score (nSPS) is 24.8. The SMILES string of the molecule is CC(C(=O)N(C)Cc1ccccc1N1CCCC1)N1C(=O)C2CC=CCC2C1=O. The summed E-state index contributed by atoms with van der Waals surface area (Å²) in [7, 11) is 1.75. The van der Waals surface area contributed by atoms with Gasteiger partial charge in [-0.15, -0.1) is 0 Å². The van der Waals surface area contributed by atoms with Crippen LogP contribution in [-0.2, 0) is 20.9 Å². The maximum atomic E-state index is 13.1. The summed E-state index contributed by atoms with van der Waals surface area (Å²) in [6.07, 6.45) is 7.48. The molecule has 3 unspecified atom stereocenters. The van der Waals surface area contributed by atoms with Gasteiger partial charge in [0.1, 0.15) is 6.04 Å². The predicted octanol–water partition coefficient (Wildman–Crippen LogP) is 2.58. The van der Waals surface area contributed by atoms with Gasteiger partial charge in [-0.3, -0.25) is 19.3 Å². The van der Waals surface area contributed by atoms with Crippen LogP contribution in [-0.4, -0.2) is 53.7 Å². The highest BCUT2D eigenvalue weighted by Crippen LogP contribution is 2.36. The summed E-state index contributed by atoms with van der Waals surface area (Å²) in [4.78, 5) is 43.9. The van der Waals surface area contributed by atoms with E-state index >= 15 is 0 Å². The number of likely N-dealkylation sites (tertiary alicyclic amines) is 1. The van der Waals surface area contributed by atoms with Gasteiger partial charge >= 0.3 is 0 Å².